The average molecular weight is 237 g/mol. The Balaban J connectivity index is 3.92. The van der Waals surface area contributed by atoms with Gasteiger partial charge in [0.05, 0.1) is 4.83 Å². The van der Waals surface area contributed by atoms with Crippen LogP contribution in [0.3, 0.4) is 0 Å². The Kier molecular flexibility index (Phi) is 5.12. The van der Waals surface area contributed by atoms with Gasteiger partial charge in [-0.15, -0.1) is 0 Å². The molecule has 0 aliphatic carbocycles. The lowest BCUT2D eigenvalue weighted by atomic mass is 10.2. The van der Waals surface area contributed by atoms with Crippen molar-refractivity contribution in [2.45, 2.75) is 17.5 Å². The molecule has 0 aliphatic heterocycles. The number of alkyl halides is 1. The molecular formula is C7H13BrN2O2. The molecule has 0 aromatic heterocycles. The molecule has 5 heteroatoms. The number of rotatable bonds is 5. The SMILES string of the molecule is C=NN(C)C(=C)CC(Br)C(O)O. The normalized spacial score (nSPS) is 12.8. The van der Waals surface area contributed by atoms with Crippen molar-refractivity contribution in [1.82, 2.24) is 5.01 Å². The van der Waals surface area contributed by atoms with Crippen LogP contribution in [0.25, 0.3) is 0 Å². The number of nitrogens with zero attached hydrogens (tertiary/aromatic N) is 2. The lowest BCUT2D eigenvalue weighted by molar-refractivity contribution is -0.0390. The van der Waals surface area contributed by atoms with Gasteiger partial charge >= 0.3 is 0 Å². The highest BCUT2D eigenvalue weighted by Crippen LogP contribution is 2.16. The van der Waals surface area contributed by atoms with Crippen molar-refractivity contribution in [1.29, 1.82) is 0 Å². The summed E-state index contributed by atoms with van der Waals surface area (Å²) < 4.78 is 0. The number of aliphatic hydroxyl groups is 2. The molecule has 1 unspecified atom stereocenters. The maximum absolute atomic E-state index is 8.73. The van der Waals surface area contributed by atoms with Crippen LogP contribution >= 0.6 is 15.9 Å². The maximum Gasteiger partial charge on any atom is 0.164 e. The van der Waals surface area contributed by atoms with Crippen LogP contribution < -0.4 is 0 Å². The van der Waals surface area contributed by atoms with E-state index in [1.54, 1.807) is 7.05 Å². The fraction of sp³-hybridized carbons (Fsp3) is 0.571. The molecule has 2 N–H and O–H groups in total. The number of hydrogen-bond donors (Lipinski definition) is 2. The molecule has 4 nitrogen and oxygen atoms in total. The molecule has 0 spiro atoms. The summed E-state index contributed by atoms with van der Waals surface area (Å²) in [7, 11) is 1.69. The molecule has 0 aromatic carbocycles. The van der Waals surface area contributed by atoms with Crippen molar-refractivity contribution < 1.29 is 10.2 Å². The van der Waals surface area contributed by atoms with Crippen LogP contribution in [-0.2, 0) is 0 Å². The largest absolute Gasteiger partial charge is 0.367 e. The highest BCUT2D eigenvalue weighted by Gasteiger charge is 2.15. The van der Waals surface area contributed by atoms with Crippen molar-refractivity contribution in [2.75, 3.05) is 7.05 Å². The minimum Gasteiger partial charge on any atom is -0.367 e. The van der Waals surface area contributed by atoms with Gasteiger partial charge in [0.1, 0.15) is 0 Å². The van der Waals surface area contributed by atoms with Gasteiger partial charge in [-0.2, -0.15) is 5.10 Å². The van der Waals surface area contributed by atoms with Gasteiger partial charge in [0.2, 0.25) is 0 Å². The number of hydrogen-bond acceptors (Lipinski definition) is 4. The number of allylic oxidation sites excluding steroid dienone is 1. The maximum atomic E-state index is 8.73. The smallest absolute Gasteiger partial charge is 0.164 e. The molecule has 1 atom stereocenters. The monoisotopic (exact) mass is 236 g/mol. The third-order valence-electron chi connectivity index (χ3n) is 1.42. The van der Waals surface area contributed by atoms with Gasteiger partial charge in [0, 0.05) is 25.9 Å². The molecule has 0 radical (unpaired) electrons. The third kappa shape index (κ3) is 3.85. The van der Waals surface area contributed by atoms with Crippen molar-refractivity contribution in [2.24, 2.45) is 5.10 Å². The van der Waals surface area contributed by atoms with E-state index in [-0.39, 0.29) is 0 Å². The van der Waals surface area contributed by atoms with Crippen molar-refractivity contribution in [3.63, 3.8) is 0 Å². The van der Waals surface area contributed by atoms with Crippen LogP contribution in [0.4, 0.5) is 0 Å². The standard InChI is InChI=1S/C7H13BrN2O2/c1-5(10(3)9-2)4-6(8)7(11)12/h6-7,11-12H,1-2,4H2,3H3. The van der Waals surface area contributed by atoms with Crippen LogP contribution in [0.1, 0.15) is 6.42 Å². The first-order valence-corrected chi connectivity index (χ1v) is 4.29. The lowest BCUT2D eigenvalue weighted by Gasteiger charge is -2.18. The van der Waals surface area contributed by atoms with E-state index in [1.807, 2.05) is 0 Å². The summed E-state index contributed by atoms with van der Waals surface area (Å²) in [5.41, 5.74) is 0.667. The Hall–Kier alpha value is -0.390. The molecule has 12 heavy (non-hydrogen) atoms. The molecule has 0 bridgehead atoms. The summed E-state index contributed by atoms with van der Waals surface area (Å²) in [4.78, 5) is -0.422. The van der Waals surface area contributed by atoms with E-state index >= 15 is 0 Å². The molecule has 0 aliphatic rings. The minimum absolute atomic E-state index is 0.410. The van der Waals surface area contributed by atoms with E-state index in [2.05, 4.69) is 34.3 Å². The Labute approximate surface area is 80.3 Å². The topological polar surface area (TPSA) is 56.1 Å². The van der Waals surface area contributed by atoms with Gasteiger partial charge in [-0.05, 0) is 0 Å². The van der Waals surface area contributed by atoms with Gasteiger partial charge in [-0.3, -0.25) is 5.01 Å². The summed E-state index contributed by atoms with van der Waals surface area (Å²) in [6, 6.07) is 0. The molecule has 0 heterocycles. The van der Waals surface area contributed by atoms with E-state index < -0.39 is 11.1 Å². The summed E-state index contributed by atoms with van der Waals surface area (Å²) in [5.74, 6) is 0. The number of aliphatic hydroxyl groups excluding tert-OH is 1. The third-order valence-corrected chi connectivity index (χ3v) is 2.22. The molecule has 0 aromatic rings. The molecule has 0 saturated heterocycles. The minimum atomic E-state index is -1.39. The molecular weight excluding hydrogens is 224 g/mol. The van der Waals surface area contributed by atoms with Gasteiger partial charge in [-0.1, -0.05) is 22.5 Å². The second-order valence-corrected chi connectivity index (χ2v) is 3.54. The van der Waals surface area contributed by atoms with Crippen LogP contribution in [0, 0.1) is 0 Å². The lowest BCUT2D eigenvalue weighted by Crippen LogP contribution is -2.22. The molecule has 0 saturated carbocycles. The Morgan fingerprint density at radius 1 is 1.67 bits per heavy atom. The van der Waals surface area contributed by atoms with Gasteiger partial charge in [-0.25, -0.2) is 0 Å². The highest BCUT2D eigenvalue weighted by molar-refractivity contribution is 9.09. The van der Waals surface area contributed by atoms with Crippen LogP contribution in [-0.4, -0.2) is 40.1 Å². The predicted molar refractivity (Wildman–Crippen MR) is 52.0 cm³/mol. The fourth-order valence-electron chi connectivity index (χ4n) is 0.563. The van der Waals surface area contributed by atoms with E-state index in [0.717, 1.165) is 0 Å². The summed E-state index contributed by atoms with van der Waals surface area (Å²) >= 11 is 3.09. The molecule has 0 amide bonds. The van der Waals surface area contributed by atoms with Gasteiger partial charge < -0.3 is 10.2 Å². The zero-order valence-electron chi connectivity index (χ0n) is 6.94. The Morgan fingerprint density at radius 3 is 2.50 bits per heavy atom. The first kappa shape index (κ1) is 11.6. The summed E-state index contributed by atoms with van der Waals surface area (Å²) in [6.45, 7) is 7.00. The molecule has 0 fully saturated rings. The van der Waals surface area contributed by atoms with Crippen LogP contribution in [0.5, 0.6) is 0 Å². The molecule has 0 rings (SSSR count). The van der Waals surface area contributed by atoms with E-state index in [1.165, 1.54) is 5.01 Å². The average Bonchev–Trinajstić information content (AvgIpc) is 2.02. The Morgan fingerprint density at radius 2 is 2.17 bits per heavy atom. The highest BCUT2D eigenvalue weighted by atomic mass is 79.9. The fourth-order valence-corrected chi connectivity index (χ4v) is 0.936. The second kappa shape index (κ2) is 5.29. The van der Waals surface area contributed by atoms with Gasteiger partial charge in [0.15, 0.2) is 6.29 Å². The summed E-state index contributed by atoms with van der Waals surface area (Å²) in [6.07, 6.45) is -0.979. The first-order valence-electron chi connectivity index (χ1n) is 3.37. The predicted octanol–water partition coefficient (Wildman–Crippen LogP) is 0.512. The van der Waals surface area contributed by atoms with Crippen molar-refractivity contribution in [3.05, 3.63) is 12.3 Å². The quantitative estimate of drug-likeness (QED) is 0.317. The van der Waals surface area contributed by atoms with E-state index in [9.17, 15) is 0 Å². The van der Waals surface area contributed by atoms with Gasteiger partial charge in [0.25, 0.3) is 0 Å². The second-order valence-electron chi connectivity index (χ2n) is 2.36. The number of halogens is 1. The van der Waals surface area contributed by atoms with Crippen molar-refractivity contribution in [3.8, 4) is 0 Å². The van der Waals surface area contributed by atoms with Crippen LogP contribution in [0.2, 0.25) is 0 Å². The van der Waals surface area contributed by atoms with E-state index in [0.29, 0.717) is 12.1 Å². The van der Waals surface area contributed by atoms with E-state index in [4.69, 9.17) is 10.2 Å². The summed E-state index contributed by atoms with van der Waals surface area (Å²) in [5, 5.41) is 22.5. The van der Waals surface area contributed by atoms with Crippen molar-refractivity contribution >= 4 is 22.6 Å². The molecule has 70 valence electrons. The first-order chi connectivity index (χ1) is 5.49. The number of hydrazone groups is 1. The Bertz CT molecular complexity index is 173. The zero-order chi connectivity index (χ0) is 9.72. The van der Waals surface area contributed by atoms with Crippen LogP contribution in [0.15, 0.2) is 17.4 Å². The zero-order valence-corrected chi connectivity index (χ0v) is 8.53.